The number of nitrogens with one attached hydrogen (secondary N) is 2. The number of ether oxygens (including phenoxy) is 1. The highest BCUT2D eigenvalue weighted by Crippen LogP contribution is 2.24. The first-order valence-electron chi connectivity index (χ1n) is 6.64. The average molecular weight is 286 g/mol. The molecule has 0 saturated carbocycles. The van der Waals surface area contributed by atoms with Crippen LogP contribution in [0.5, 0.6) is 5.75 Å². The summed E-state index contributed by atoms with van der Waals surface area (Å²) in [7, 11) is 1.61. The van der Waals surface area contributed by atoms with E-state index in [1.165, 1.54) is 6.33 Å². The molecule has 6 nitrogen and oxygen atoms in total. The van der Waals surface area contributed by atoms with Crippen LogP contribution in [0.4, 0.5) is 0 Å². The van der Waals surface area contributed by atoms with E-state index in [0.29, 0.717) is 13.0 Å². The maximum Gasteiger partial charge on any atom is 0.244 e. The number of hydrogen-bond donors (Lipinski definition) is 2. The maximum absolute atomic E-state index is 11.9. The molecule has 0 radical (unpaired) electrons. The van der Waals surface area contributed by atoms with Gasteiger partial charge >= 0.3 is 0 Å². The zero-order chi connectivity index (χ0) is 15.1. The summed E-state index contributed by atoms with van der Waals surface area (Å²) in [6.45, 7) is 2.39. The smallest absolute Gasteiger partial charge is 0.244 e. The second kappa shape index (κ2) is 7.23. The summed E-state index contributed by atoms with van der Waals surface area (Å²) >= 11 is 0. The van der Waals surface area contributed by atoms with Crippen LogP contribution < -0.4 is 10.1 Å². The standard InChI is InChI=1S/C15H18N4O2/c1-11(12-5-3-4-6-13(12)21-2)9-15(20)16-8-7-14-17-10-18-19-14/h3-6,9-10H,7-8H2,1-2H3,(H,16,20)(H,17,18,19)/b11-9+. The van der Waals surface area contributed by atoms with E-state index in [1.54, 1.807) is 13.2 Å². The highest BCUT2D eigenvalue weighted by molar-refractivity contribution is 5.95. The molecule has 0 aliphatic rings. The first-order valence-corrected chi connectivity index (χ1v) is 6.64. The fourth-order valence-corrected chi connectivity index (χ4v) is 1.95. The minimum atomic E-state index is -0.141. The van der Waals surface area contributed by atoms with E-state index in [1.807, 2.05) is 31.2 Å². The first-order chi connectivity index (χ1) is 10.2. The van der Waals surface area contributed by atoms with Crippen LogP contribution in [-0.2, 0) is 11.2 Å². The average Bonchev–Trinajstić information content (AvgIpc) is 3.00. The van der Waals surface area contributed by atoms with E-state index in [2.05, 4.69) is 20.5 Å². The molecule has 0 saturated heterocycles. The number of carbonyl (C=O) groups is 1. The second-order valence-electron chi connectivity index (χ2n) is 4.50. The number of nitrogens with zero attached hydrogens (tertiary/aromatic N) is 2. The largest absolute Gasteiger partial charge is 0.496 e. The molecule has 21 heavy (non-hydrogen) atoms. The molecule has 1 aromatic heterocycles. The summed E-state index contributed by atoms with van der Waals surface area (Å²) < 4.78 is 5.29. The number of H-pyrrole nitrogens is 1. The van der Waals surface area contributed by atoms with Gasteiger partial charge in [0.2, 0.25) is 5.91 Å². The van der Waals surface area contributed by atoms with Gasteiger partial charge < -0.3 is 10.1 Å². The molecule has 110 valence electrons. The Hall–Kier alpha value is -2.63. The van der Waals surface area contributed by atoms with E-state index in [9.17, 15) is 4.79 Å². The van der Waals surface area contributed by atoms with Crippen molar-refractivity contribution >= 4 is 11.5 Å². The monoisotopic (exact) mass is 286 g/mol. The molecule has 0 aliphatic heterocycles. The molecule has 0 atom stereocenters. The van der Waals surface area contributed by atoms with Crippen molar-refractivity contribution in [2.75, 3.05) is 13.7 Å². The van der Waals surface area contributed by atoms with E-state index < -0.39 is 0 Å². The summed E-state index contributed by atoms with van der Waals surface area (Å²) in [6, 6.07) is 7.60. The third kappa shape index (κ3) is 4.17. The van der Waals surface area contributed by atoms with Crippen LogP contribution in [0.1, 0.15) is 18.3 Å². The molecule has 0 aliphatic carbocycles. The SMILES string of the molecule is COc1ccccc1/C(C)=C/C(=O)NCCc1ncn[nH]1. The lowest BCUT2D eigenvalue weighted by Crippen LogP contribution is -2.24. The molecule has 1 amide bonds. The highest BCUT2D eigenvalue weighted by Gasteiger charge is 2.06. The van der Waals surface area contributed by atoms with Crippen molar-refractivity contribution < 1.29 is 9.53 Å². The van der Waals surface area contributed by atoms with Gasteiger partial charge in [0.1, 0.15) is 17.9 Å². The molecular weight excluding hydrogens is 268 g/mol. The van der Waals surface area contributed by atoms with Crippen molar-refractivity contribution in [3.8, 4) is 5.75 Å². The summed E-state index contributed by atoms with van der Waals surface area (Å²) in [5.41, 5.74) is 1.76. The number of amides is 1. The van der Waals surface area contributed by atoms with Gasteiger partial charge in [0.05, 0.1) is 7.11 Å². The number of rotatable bonds is 6. The lowest BCUT2D eigenvalue weighted by Gasteiger charge is -2.08. The Labute approximate surface area is 123 Å². The molecule has 1 heterocycles. The number of aromatic amines is 1. The van der Waals surface area contributed by atoms with E-state index in [-0.39, 0.29) is 5.91 Å². The lowest BCUT2D eigenvalue weighted by atomic mass is 10.1. The van der Waals surface area contributed by atoms with Crippen molar-refractivity contribution in [2.45, 2.75) is 13.3 Å². The number of benzene rings is 1. The topological polar surface area (TPSA) is 79.9 Å². The van der Waals surface area contributed by atoms with Crippen molar-refractivity contribution in [3.05, 3.63) is 48.1 Å². The van der Waals surface area contributed by atoms with Gasteiger partial charge in [-0.3, -0.25) is 9.89 Å². The van der Waals surface area contributed by atoms with Gasteiger partial charge in [-0.15, -0.1) is 0 Å². The lowest BCUT2D eigenvalue weighted by molar-refractivity contribution is -0.116. The summed E-state index contributed by atoms with van der Waals surface area (Å²) in [6.07, 6.45) is 3.63. The van der Waals surface area contributed by atoms with Crippen LogP contribution in [0.15, 0.2) is 36.7 Å². The Balaban J connectivity index is 1.93. The Morgan fingerprint density at radius 1 is 1.43 bits per heavy atom. The number of methoxy groups -OCH3 is 1. The number of para-hydroxylation sites is 1. The Morgan fingerprint density at radius 2 is 2.24 bits per heavy atom. The summed E-state index contributed by atoms with van der Waals surface area (Å²) in [4.78, 5) is 15.9. The van der Waals surface area contributed by atoms with Crippen molar-refractivity contribution in [3.63, 3.8) is 0 Å². The van der Waals surface area contributed by atoms with Crippen LogP contribution in [-0.4, -0.2) is 34.7 Å². The molecular formula is C15H18N4O2. The fourth-order valence-electron chi connectivity index (χ4n) is 1.95. The van der Waals surface area contributed by atoms with E-state index in [4.69, 9.17) is 4.74 Å². The normalized spacial score (nSPS) is 11.2. The number of carbonyl (C=O) groups excluding carboxylic acids is 1. The van der Waals surface area contributed by atoms with Gasteiger partial charge in [0.15, 0.2) is 0 Å². The Bertz CT molecular complexity index is 620. The minimum Gasteiger partial charge on any atom is -0.496 e. The van der Waals surface area contributed by atoms with Crippen molar-refractivity contribution in [1.82, 2.24) is 20.5 Å². The predicted molar refractivity (Wildman–Crippen MR) is 79.7 cm³/mol. The van der Waals surface area contributed by atoms with Crippen molar-refractivity contribution in [2.24, 2.45) is 0 Å². The zero-order valence-electron chi connectivity index (χ0n) is 12.1. The number of aromatic nitrogens is 3. The van der Waals surface area contributed by atoms with Crippen LogP contribution in [0.2, 0.25) is 0 Å². The highest BCUT2D eigenvalue weighted by atomic mass is 16.5. The van der Waals surface area contributed by atoms with Crippen LogP contribution in [0.25, 0.3) is 5.57 Å². The third-order valence-corrected chi connectivity index (χ3v) is 3.01. The first kappa shape index (κ1) is 14.8. The number of allylic oxidation sites excluding steroid dienone is 1. The predicted octanol–water partition coefficient (Wildman–Crippen LogP) is 1.58. The molecule has 2 aromatic rings. The van der Waals surface area contributed by atoms with Gasteiger partial charge in [-0.25, -0.2) is 4.98 Å². The molecule has 0 fully saturated rings. The van der Waals surface area contributed by atoms with Gasteiger partial charge in [0.25, 0.3) is 0 Å². The fraction of sp³-hybridized carbons (Fsp3) is 0.267. The van der Waals surface area contributed by atoms with Gasteiger partial charge in [-0.2, -0.15) is 5.10 Å². The molecule has 0 bridgehead atoms. The van der Waals surface area contributed by atoms with E-state index in [0.717, 1.165) is 22.7 Å². The van der Waals surface area contributed by atoms with Crippen molar-refractivity contribution in [1.29, 1.82) is 0 Å². The second-order valence-corrected chi connectivity index (χ2v) is 4.50. The van der Waals surface area contributed by atoms with Gasteiger partial charge in [-0.05, 0) is 18.6 Å². The summed E-state index contributed by atoms with van der Waals surface area (Å²) in [5.74, 6) is 1.36. The van der Waals surface area contributed by atoms with Crippen LogP contribution >= 0.6 is 0 Å². The molecule has 0 unspecified atom stereocenters. The molecule has 1 aromatic carbocycles. The van der Waals surface area contributed by atoms with Gasteiger partial charge in [-0.1, -0.05) is 18.2 Å². The van der Waals surface area contributed by atoms with Crippen LogP contribution in [0.3, 0.4) is 0 Å². The molecule has 2 rings (SSSR count). The Morgan fingerprint density at radius 3 is 2.95 bits per heavy atom. The minimum absolute atomic E-state index is 0.141. The molecule has 0 spiro atoms. The van der Waals surface area contributed by atoms with E-state index >= 15 is 0 Å². The zero-order valence-corrected chi connectivity index (χ0v) is 12.1. The van der Waals surface area contributed by atoms with Gasteiger partial charge in [0, 0.05) is 24.6 Å². The number of hydrogen-bond acceptors (Lipinski definition) is 4. The van der Waals surface area contributed by atoms with Crippen LogP contribution in [0, 0.1) is 0 Å². The quantitative estimate of drug-likeness (QED) is 0.790. The summed E-state index contributed by atoms with van der Waals surface area (Å²) in [5, 5.41) is 9.32. The third-order valence-electron chi connectivity index (χ3n) is 3.01. The maximum atomic E-state index is 11.9. The Kier molecular flexibility index (Phi) is 5.09. The molecule has 6 heteroatoms. The molecule has 2 N–H and O–H groups in total.